The van der Waals surface area contributed by atoms with E-state index in [2.05, 4.69) is 10.1 Å². The minimum atomic E-state index is 0.356. The van der Waals surface area contributed by atoms with Gasteiger partial charge in [-0.15, -0.1) is 0 Å². The highest BCUT2D eigenvalue weighted by atomic mass is 35.5. The maximum atomic E-state index is 8.47. The summed E-state index contributed by atoms with van der Waals surface area (Å²) in [4.78, 5) is 4.18. The third kappa shape index (κ3) is 3.00. The molecule has 0 aliphatic rings. The first kappa shape index (κ1) is 12.9. The van der Waals surface area contributed by atoms with Gasteiger partial charge in [-0.25, -0.2) is 0 Å². The van der Waals surface area contributed by atoms with Gasteiger partial charge in [0.05, 0.1) is 6.07 Å². The molecule has 0 unspecified atom stereocenters. The van der Waals surface area contributed by atoms with Gasteiger partial charge in [-0.2, -0.15) is 10.2 Å². The van der Waals surface area contributed by atoms with Crippen LogP contribution in [0.5, 0.6) is 0 Å². The molecule has 0 saturated heterocycles. The first-order valence-electron chi connectivity index (χ1n) is 5.32. The fourth-order valence-electron chi connectivity index (χ4n) is 1.49. The van der Waals surface area contributed by atoms with Crippen LogP contribution in [-0.4, -0.2) is 10.1 Å². The van der Waals surface area contributed by atoms with E-state index in [1.54, 1.807) is 18.2 Å². The Morgan fingerprint density at radius 3 is 2.67 bits per heavy atom. The van der Waals surface area contributed by atoms with Gasteiger partial charge in [0.2, 0.25) is 5.89 Å². The standard InChI is InChI=1S/C12H9Cl2N3O/c13-9-3-1-4-10(14)8(9)7-11-16-12(18-17-11)5-2-6-15/h1,3-4H,2,5,7H2. The zero-order chi connectivity index (χ0) is 13.0. The summed E-state index contributed by atoms with van der Waals surface area (Å²) in [5, 5.41) is 13.5. The SMILES string of the molecule is N#CCCc1nc(Cc2c(Cl)cccc2Cl)no1. The fourth-order valence-corrected chi connectivity index (χ4v) is 2.02. The van der Waals surface area contributed by atoms with Crippen LogP contribution in [0.25, 0.3) is 0 Å². The predicted molar refractivity (Wildman–Crippen MR) is 67.5 cm³/mol. The van der Waals surface area contributed by atoms with Crippen LogP contribution in [0.1, 0.15) is 23.7 Å². The van der Waals surface area contributed by atoms with Crippen LogP contribution in [0.15, 0.2) is 22.7 Å². The van der Waals surface area contributed by atoms with Crippen LogP contribution in [0.2, 0.25) is 10.0 Å². The minimum Gasteiger partial charge on any atom is -0.339 e. The average molecular weight is 282 g/mol. The van der Waals surface area contributed by atoms with Crippen molar-refractivity contribution in [3.8, 4) is 6.07 Å². The van der Waals surface area contributed by atoms with Gasteiger partial charge in [0, 0.05) is 29.3 Å². The summed E-state index contributed by atoms with van der Waals surface area (Å²) in [5.41, 5.74) is 0.772. The van der Waals surface area contributed by atoms with E-state index in [1.165, 1.54) is 0 Å². The number of nitrogens with zero attached hydrogens (tertiary/aromatic N) is 3. The molecule has 0 saturated carbocycles. The monoisotopic (exact) mass is 281 g/mol. The van der Waals surface area contributed by atoms with Crippen molar-refractivity contribution in [2.75, 3.05) is 0 Å². The lowest BCUT2D eigenvalue weighted by Gasteiger charge is -2.02. The normalized spacial score (nSPS) is 10.3. The molecule has 6 heteroatoms. The summed E-state index contributed by atoms with van der Waals surface area (Å²) < 4.78 is 5.02. The second kappa shape index (κ2) is 5.85. The Kier molecular flexibility index (Phi) is 4.19. The Bertz CT molecular complexity index is 569. The molecule has 0 spiro atoms. The van der Waals surface area contributed by atoms with Gasteiger partial charge >= 0.3 is 0 Å². The molecule has 0 fully saturated rings. The van der Waals surface area contributed by atoms with E-state index >= 15 is 0 Å². The number of aryl methyl sites for hydroxylation is 1. The molecule has 0 N–H and O–H groups in total. The van der Waals surface area contributed by atoms with Crippen molar-refractivity contribution >= 4 is 23.2 Å². The van der Waals surface area contributed by atoms with Crippen molar-refractivity contribution in [1.29, 1.82) is 5.26 Å². The van der Waals surface area contributed by atoms with Crippen LogP contribution in [0, 0.1) is 11.3 Å². The molecule has 2 aromatic rings. The Balaban J connectivity index is 2.14. The van der Waals surface area contributed by atoms with Crippen molar-refractivity contribution < 1.29 is 4.52 Å². The molecule has 18 heavy (non-hydrogen) atoms. The highest BCUT2D eigenvalue weighted by molar-refractivity contribution is 6.36. The number of halogens is 2. The topological polar surface area (TPSA) is 62.7 Å². The molecule has 1 aromatic heterocycles. The molecule has 1 aromatic carbocycles. The largest absolute Gasteiger partial charge is 0.339 e. The van der Waals surface area contributed by atoms with Gasteiger partial charge in [-0.3, -0.25) is 0 Å². The van der Waals surface area contributed by atoms with Crippen molar-refractivity contribution in [3.05, 3.63) is 45.5 Å². The van der Waals surface area contributed by atoms with Crippen molar-refractivity contribution in [2.24, 2.45) is 0 Å². The summed E-state index contributed by atoms with van der Waals surface area (Å²) in [6.45, 7) is 0. The number of aromatic nitrogens is 2. The Hall–Kier alpha value is -1.57. The second-order valence-electron chi connectivity index (χ2n) is 3.64. The van der Waals surface area contributed by atoms with E-state index in [0.717, 1.165) is 5.56 Å². The number of hydrogen-bond donors (Lipinski definition) is 0. The van der Waals surface area contributed by atoms with Gasteiger partial charge in [-0.1, -0.05) is 34.4 Å². The molecule has 0 amide bonds. The summed E-state index contributed by atoms with van der Waals surface area (Å²) in [5.74, 6) is 0.965. The quantitative estimate of drug-likeness (QED) is 0.861. The number of hydrogen-bond acceptors (Lipinski definition) is 4. The van der Waals surface area contributed by atoms with E-state index in [-0.39, 0.29) is 0 Å². The van der Waals surface area contributed by atoms with Crippen LogP contribution in [0.3, 0.4) is 0 Å². The average Bonchev–Trinajstić information content (AvgIpc) is 2.79. The highest BCUT2D eigenvalue weighted by Crippen LogP contribution is 2.26. The van der Waals surface area contributed by atoms with Crippen molar-refractivity contribution in [1.82, 2.24) is 10.1 Å². The molecule has 0 atom stereocenters. The Labute approximate surface area is 114 Å². The lowest BCUT2D eigenvalue weighted by Crippen LogP contribution is -1.94. The van der Waals surface area contributed by atoms with E-state index in [0.29, 0.717) is 41.0 Å². The van der Waals surface area contributed by atoms with Gasteiger partial charge in [0.15, 0.2) is 5.82 Å². The zero-order valence-corrected chi connectivity index (χ0v) is 10.9. The molecule has 0 bridgehead atoms. The number of benzene rings is 1. The van der Waals surface area contributed by atoms with Crippen LogP contribution in [-0.2, 0) is 12.8 Å². The molecule has 2 rings (SSSR count). The lowest BCUT2D eigenvalue weighted by molar-refractivity contribution is 0.375. The molecule has 0 aliphatic carbocycles. The summed E-state index contributed by atoms with van der Waals surface area (Å²) >= 11 is 12.1. The lowest BCUT2D eigenvalue weighted by atomic mass is 10.1. The summed E-state index contributed by atoms with van der Waals surface area (Å²) in [6.07, 6.45) is 1.22. The van der Waals surface area contributed by atoms with Gasteiger partial charge < -0.3 is 4.52 Å². The first-order valence-corrected chi connectivity index (χ1v) is 6.07. The van der Waals surface area contributed by atoms with Crippen molar-refractivity contribution in [2.45, 2.75) is 19.3 Å². The number of rotatable bonds is 4. The van der Waals surface area contributed by atoms with E-state index < -0.39 is 0 Å². The van der Waals surface area contributed by atoms with Crippen LogP contribution >= 0.6 is 23.2 Å². The molecule has 0 radical (unpaired) electrons. The van der Waals surface area contributed by atoms with Gasteiger partial charge in [0.25, 0.3) is 0 Å². The van der Waals surface area contributed by atoms with Crippen molar-refractivity contribution in [3.63, 3.8) is 0 Å². The minimum absolute atomic E-state index is 0.356. The summed E-state index contributed by atoms with van der Waals surface area (Å²) in [7, 11) is 0. The molecular weight excluding hydrogens is 273 g/mol. The van der Waals surface area contributed by atoms with Gasteiger partial charge in [0.1, 0.15) is 0 Å². The maximum absolute atomic E-state index is 8.47. The van der Waals surface area contributed by atoms with E-state index in [4.69, 9.17) is 33.0 Å². The smallest absolute Gasteiger partial charge is 0.227 e. The molecule has 0 aliphatic heterocycles. The van der Waals surface area contributed by atoms with Gasteiger partial charge in [-0.05, 0) is 17.7 Å². The molecule has 1 heterocycles. The maximum Gasteiger partial charge on any atom is 0.227 e. The summed E-state index contributed by atoms with van der Waals surface area (Å²) in [6, 6.07) is 7.33. The Morgan fingerprint density at radius 2 is 2.00 bits per heavy atom. The fraction of sp³-hybridized carbons (Fsp3) is 0.250. The van der Waals surface area contributed by atoms with E-state index in [1.807, 2.05) is 6.07 Å². The zero-order valence-electron chi connectivity index (χ0n) is 9.36. The molecular formula is C12H9Cl2N3O. The van der Waals surface area contributed by atoms with E-state index in [9.17, 15) is 0 Å². The highest BCUT2D eigenvalue weighted by Gasteiger charge is 2.11. The third-order valence-corrected chi connectivity index (χ3v) is 3.07. The third-order valence-electron chi connectivity index (χ3n) is 2.36. The first-order chi connectivity index (χ1) is 8.70. The molecule has 4 nitrogen and oxygen atoms in total. The second-order valence-corrected chi connectivity index (χ2v) is 4.45. The van der Waals surface area contributed by atoms with Crippen LogP contribution in [0.4, 0.5) is 0 Å². The number of nitriles is 1. The predicted octanol–water partition coefficient (Wildman–Crippen LogP) is 3.42. The molecule has 92 valence electrons. The van der Waals surface area contributed by atoms with Crippen LogP contribution < -0.4 is 0 Å². The Morgan fingerprint density at radius 1 is 1.28 bits per heavy atom.